The van der Waals surface area contributed by atoms with E-state index in [4.69, 9.17) is 0 Å². The molecule has 0 amide bonds. The lowest BCUT2D eigenvalue weighted by molar-refractivity contribution is 0.445. The van der Waals surface area contributed by atoms with Gasteiger partial charge >= 0.3 is 0 Å². The summed E-state index contributed by atoms with van der Waals surface area (Å²) in [4.78, 5) is 4.44. The van der Waals surface area contributed by atoms with Crippen LogP contribution in [0, 0.1) is 11.7 Å². The number of rotatable bonds is 5. The van der Waals surface area contributed by atoms with Crippen molar-refractivity contribution < 1.29 is 4.39 Å². The van der Waals surface area contributed by atoms with Crippen LogP contribution < -0.4 is 5.32 Å². The van der Waals surface area contributed by atoms with Crippen molar-refractivity contribution in [3.63, 3.8) is 0 Å². The molecule has 3 nitrogen and oxygen atoms in total. The number of aromatic nitrogens is 2. The molecule has 1 aliphatic rings. The summed E-state index contributed by atoms with van der Waals surface area (Å²) in [6.07, 6.45) is 6.26. The van der Waals surface area contributed by atoms with E-state index in [9.17, 15) is 4.39 Å². The van der Waals surface area contributed by atoms with Gasteiger partial charge in [-0.15, -0.1) is 0 Å². The molecule has 0 spiro atoms. The Morgan fingerprint density at radius 2 is 2.25 bits per heavy atom. The summed E-state index contributed by atoms with van der Waals surface area (Å²) in [5.74, 6) is 1.49. The predicted molar refractivity (Wildman–Crippen MR) is 79.6 cm³/mol. The SMILES string of the molecule is Cn1ccnc1[C@@H](NCc1cc(F)cc(Br)c1)C1CC1. The molecule has 0 radical (unpaired) electrons. The van der Waals surface area contributed by atoms with Crippen LogP contribution in [0.5, 0.6) is 0 Å². The Hall–Kier alpha value is -1.20. The van der Waals surface area contributed by atoms with E-state index < -0.39 is 0 Å². The van der Waals surface area contributed by atoms with E-state index in [1.54, 1.807) is 6.07 Å². The molecule has 1 fully saturated rings. The lowest BCUT2D eigenvalue weighted by atomic mass is 10.1. The van der Waals surface area contributed by atoms with Crippen molar-refractivity contribution in [2.45, 2.75) is 25.4 Å². The van der Waals surface area contributed by atoms with E-state index in [1.807, 2.05) is 25.5 Å². The number of hydrogen-bond acceptors (Lipinski definition) is 2. The van der Waals surface area contributed by atoms with Crippen LogP contribution in [0.25, 0.3) is 0 Å². The highest BCUT2D eigenvalue weighted by Crippen LogP contribution is 2.40. The molecule has 0 bridgehead atoms. The fourth-order valence-electron chi connectivity index (χ4n) is 2.52. The predicted octanol–water partition coefficient (Wildman–Crippen LogP) is 3.56. The molecule has 0 aliphatic heterocycles. The smallest absolute Gasteiger partial charge is 0.125 e. The monoisotopic (exact) mass is 337 g/mol. The van der Waals surface area contributed by atoms with Gasteiger partial charge in [-0.25, -0.2) is 9.37 Å². The summed E-state index contributed by atoms with van der Waals surface area (Å²) in [5.41, 5.74) is 0.941. The lowest BCUT2D eigenvalue weighted by Gasteiger charge is -2.18. The van der Waals surface area contributed by atoms with E-state index in [0.29, 0.717) is 12.5 Å². The maximum Gasteiger partial charge on any atom is 0.125 e. The average molecular weight is 338 g/mol. The van der Waals surface area contributed by atoms with Gasteiger partial charge in [0.15, 0.2) is 0 Å². The Morgan fingerprint density at radius 1 is 1.45 bits per heavy atom. The second kappa shape index (κ2) is 5.66. The van der Waals surface area contributed by atoms with Crippen LogP contribution >= 0.6 is 15.9 Å². The quantitative estimate of drug-likeness (QED) is 0.903. The van der Waals surface area contributed by atoms with Crippen LogP contribution in [0.4, 0.5) is 4.39 Å². The molecule has 106 valence electrons. The van der Waals surface area contributed by atoms with Crippen LogP contribution in [0.1, 0.15) is 30.3 Å². The van der Waals surface area contributed by atoms with Crippen molar-refractivity contribution in [1.82, 2.24) is 14.9 Å². The average Bonchev–Trinajstić information content (AvgIpc) is 3.12. The molecule has 2 aromatic rings. The molecule has 1 aromatic heterocycles. The van der Waals surface area contributed by atoms with Gasteiger partial charge in [0, 0.05) is 30.5 Å². The van der Waals surface area contributed by atoms with Gasteiger partial charge in [-0.2, -0.15) is 0 Å². The molecular formula is C15H17BrFN3. The number of benzene rings is 1. The number of aryl methyl sites for hydroxylation is 1. The standard InChI is InChI=1S/C15H17BrFN3/c1-20-5-4-18-15(20)14(11-2-3-11)19-9-10-6-12(16)8-13(17)7-10/h4-8,11,14,19H,2-3,9H2,1H3/t14-/m0/s1. The first kappa shape index (κ1) is 13.8. The Balaban J connectivity index is 1.73. The minimum atomic E-state index is -0.212. The van der Waals surface area contributed by atoms with Crippen molar-refractivity contribution in [3.05, 3.63) is 52.3 Å². The highest BCUT2D eigenvalue weighted by Gasteiger charge is 2.34. The van der Waals surface area contributed by atoms with Gasteiger partial charge in [-0.1, -0.05) is 15.9 Å². The van der Waals surface area contributed by atoms with Gasteiger partial charge < -0.3 is 9.88 Å². The summed E-state index contributed by atoms with van der Waals surface area (Å²) >= 11 is 3.33. The Kier molecular flexibility index (Phi) is 3.89. The van der Waals surface area contributed by atoms with Gasteiger partial charge in [-0.3, -0.25) is 0 Å². The van der Waals surface area contributed by atoms with Crippen LogP contribution in [0.3, 0.4) is 0 Å². The van der Waals surface area contributed by atoms with Gasteiger partial charge in [0.1, 0.15) is 11.6 Å². The zero-order valence-electron chi connectivity index (χ0n) is 11.3. The summed E-state index contributed by atoms with van der Waals surface area (Å²) in [5, 5.41) is 3.52. The normalized spacial score (nSPS) is 16.4. The van der Waals surface area contributed by atoms with E-state index in [0.717, 1.165) is 15.9 Å². The minimum absolute atomic E-state index is 0.212. The Morgan fingerprint density at radius 3 is 2.85 bits per heavy atom. The topological polar surface area (TPSA) is 29.9 Å². The molecule has 1 aliphatic carbocycles. The first-order valence-electron chi connectivity index (χ1n) is 6.79. The molecule has 3 rings (SSSR count). The molecule has 5 heteroatoms. The third-order valence-corrected chi connectivity index (χ3v) is 4.14. The van der Waals surface area contributed by atoms with Gasteiger partial charge in [0.05, 0.1) is 6.04 Å². The van der Waals surface area contributed by atoms with E-state index >= 15 is 0 Å². The van der Waals surface area contributed by atoms with Gasteiger partial charge in [-0.05, 0) is 42.5 Å². The highest BCUT2D eigenvalue weighted by molar-refractivity contribution is 9.10. The molecule has 0 unspecified atom stereocenters. The molecule has 1 atom stereocenters. The number of imidazole rings is 1. The fraction of sp³-hybridized carbons (Fsp3) is 0.400. The molecule has 20 heavy (non-hydrogen) atoms. The van der Waals surface area contributed by atoms with E-state index in [-0.39, 0.29) is 11.9 Å². The lowest BCUT2D eigenvalue weighted by Crippen LogP contribution is -2.25. The summed E-state index contributed by atoms with van der Waals surface area (Å²) in [6, 6.07) is 5.23. The highest BCUT2D eigenvalue weighted by atomic mass is 79.9. The maximum absolute atomic E-state index is 13.4. The van der Waals surface area contributed by atoms with Crippen LogP contribution in [0.2, 0.25) is 0 Å². The van der Waals surface area contributed by atoms with Gasteiger partial charge in [0.2, 0.25) is 0 Å². The zero-order valence-corrected chi connectivity index (χ0v) is 12.9. The summed E-state index contributed by atoms with van der Waals surface area (Å²) in [6.45, 7) is 0.643. The van der Waals surface area contributed by atoms with Crippen molar-refractivity contribution in [1.29, 1.82) is 0 Å². The molecular weight excluding hydrogens is 321 g/mol. The second-order valence-electron chi connectivity index (χ2n) is 5.37. The van der Waals surface area contributed by atoms with Crippen LogP contribution in [-0.4, -0.2) is 9.55 Å². The minimum Gasteiger partial charge on any atom is -0.337 e. The number of halogens is 2. The van der Waals surface area contributed by atoms with Crippen LogP contribution in [-0.2, 0) is 13.6 Å². The summed E-state index contributed by atoms with van der Waals surface area (Å²) < 4.78 is 16.2. The van der Waals surface area contributed by atoms with Crippen molar-refractivity contribution in [2.75, 3.05) is 0 Å². The fourth-order valence-corrected chi connectivity index (χ4v) is 3.03. The first-order chi connectivity index (χ1) is 9.63. The van der Waals surface area contributed by atoms with Crippen molar-refractivity contribution in [3.8, 4) is 0 Å². The molecule has 1 N–H and O–H groups in total. The molecule has 0 saturated heterocycles. The number of hydrogen-bond donors (Lipinski definition) is 1. The molecule has 1 heterocycles. The maximum atomic E-state index is 13.4. The second-order valence-corrected chi connectivity index (χ2v) is 6.29. The Bertz CT molecular complexity index is 587. The zero-order chi connectivity index (χ0) is 14.1. The van der Waals surface area contributed by atoms with Gasteiger partial charge in [0.25, 0.3) is 0 Å². The third kappa shape index (κ3) is 3.10. The Labute approximate surface area is 126 Å². The molecule has 1 saturated carbocycles. The third-order valence-electron chi connectivity index (χ3n) is 3.68. The summed E-state index contributed by atoms with van der Waals surface area (Å²) in [7, 11) is 2.01. The molecule has 1 aromatic carbocycles. The van der Waals surface area contributed by atoms with Crippen LogP contribution in [0.15, 0.2) is 35.1 Å². The number of nitrogens with zero attached hydrogens (tertiary/aromatic N) is 2. The van der Waals surface area contributed by atoms with E-state index in [2.05, 4.69) is 30.8 Å². The van der Waals surface area contributed by atoms with E-state index in [1.165, 1.54) is 18.9 Å². The van der Waals surface area contributed by atoms with Crippen molar-refractivity contribution in [2.24, 2.45) is 13.0 Å². The largest absolute Gasteiger partial charge is 0.337 e. The first-order valence-corrected chi connectivity index (χ1v) is 7.58. The number of nitrogens with one attached hydrogen (secondary N) is 1. The van der Waals surface area contributed by atoms with Crippen molar-refractivity contribution >= 4 is 15.9 Å².